The quantitative estimate of drug-likeness (QED) is 0.391. The van der Waals surface area contributed by atoms with Crippen LogP contribution >= 0.6 is 11.8 Å². The molecular weight excluding hydrogens is 398 g/mol. The van der Waals surface area contributed by atoms with Crippen LogP contribution in [0.4, 0.5) is 8.78 Å². The molecule has 29 heavy (non-hydrogen) atoms. The average Bonchev–Trinajstić information content (AvgIpc) is 3.15. The van der Waals surface area contributed by atoms with E-state index in [0.717, 1.165) is 21.6 Å². The van der Waals surface area contributed by atoms with Gasteiger partial charge in [0, 0.05) is 5.56 Å². The average molecular weight is 418 g/mol. The summed E-state index contributed by atoms with van der Waals surface area (Å²) in [4.78, 5) is 0. The van der Waals surface area contributed by atoms with E-state index in [9.17, 15) is 8.78 Å². The predicted molar refractivity (Wildman–Crippen MR) is 108 cm³/mol. The van der Waals surface area contributed by atoms with E-state index < -0.39 is 12.2 Å². The largest absolute Gasteiger partial charge is 0.496 e. The number of aromatic nitrogens is 3. The van der Waals surface area contributed by atoms with Crippen molar-refractivity contribution in [2.45, 2.75) is 25.1 Å². The lowest BCUT2D eigenvalue weighted by molar-refractivity contribution is 0.135. The highest BCUT2D eigenvalue weighted by Gasteiger charge is 2.19. The van der Waals surface area contributed by atoms with Gasteiger partial charge in [0.1, 0.15) is 18.1 Å². The molecule has 0 spiro atoms. The van der Waals surface area contributed by atoms with Gasteiger partial charge in [0.15, 0.2) is 0 Å². The van der Waals surface area contributed by atoms with E-state index in [0.29, 0.717) is 17.9 Å². The van der Waals surface area contributed by atoms with Crippen LogP contribution in [0.5, 0.6) is 11.5 Å². The van der Waals surface area contributed by atoms with Crippen LogP contribution < -0.4 is 9.47 Å². The minimum absolute atomic E-state index is 0.285. The minimum atomic E-state index is -2.77. The van der Waals surface area contributed by atoms with Gasteiger partial charge in [0.05, 0.1) is 13.3 Å². The van der Waals surface area contributed by atoms with Gasteiger partial charge in [-0.25, -0.2) is 8.78 Å². The van der Waals surface area contributed by atoms with E-state index in [2.05, 4.69) is 15.3 Å². The minimum Gasteiger partial charge on any atom is -0.496 e. The molecule has 3 aromatic rings. The summed E-state index contributed by atoms with van der Waals surface area (Å²) in [6.45, 7) is 2.30. The predicted octanol–water partition coefficient (Wildman–Crippen LogP) is 4.72. The Kier molecular flexibility index (Phi) is 6.82. The van der Waals surface area contributed by atoms with Gasteiger partial charge in [0.2, 0.25) is 11.0 Å². The Morgan fingerprint density at radius 1 is 1.17 bits per heavy atom. The molecule has 0 aliphatic heterocycles. The van der Waals surface area contributed by atoms with Gasteiger partial charge < -0.3 is 9.47 Å². The first-order valence-corrected chi connectivity index (χ1v) is 9.92. The molecule has 0 bridgehead atoms. The second kappa shape index (κ2) is 9.51. The molecule has 0 radical (unpaired) electrons. The maximum atomic E-state index is 13.1. The maximum Gasteiger partial charge on any atom is 0.299 e. The Morgan fingerprint density at radius 2 is 1.93 bits per heavy atom. The number of hydrogen-bond donors (Lipinski definition) is 0. The Hall–Kier alpha value is -2.94. The number of methoxy groups -OCH3 is 1. The van der Waals surface area contributed by atoms with Crippen LogP contribution in [-0.2, 0) is 6.61 Å². The molecule has 0 aliphatic carbocycles. The summed E-state index contributed by atoms with van der Waals surface area (Å²) >= 11 is 1.19. The van der Waals surface area contributed by atoms with Crippen LogP contribution in [0.3, 0.4) is 0 Å². The van der Waals surface area contributed by atoms with E-state index >= 15 is 0 Å². The monoisotopic (exact) mass is 418 g/mol. The van der Waals surface area contributed by atoms with E-state index in [1.54, 1.807) is 25.5 Å². The molecule has 1 aromatic heterocycles. The van der Waals surface area contributed by atoms with Crippen LogP contribution in [0.25, 0.3) is 0 Å². The van der Waals surface area contributed by atoms with E-state index in [1.165, 1.54) is 18.0 Å². The van der Waals surface area contributed by atoms with Crippen LogP contribution in [0.2, 0.25) is 0 Å². The summed E-state index contributed by atoms with van der Waals surface area (Å²) in [7, 11) is 1.58. The zero-order chi connectivity index (χ0) is 20.8. The second-order valence-corrected chi connectivity index (χ2v) is 6.85. The van der Waals surface area contributed by atoms with Crippen molar-refractivity contribution < 1.29 is 18.3 Å². The fourth-order valence-corrected chi connectivity index (χ4v) is 3.00. The summed E-state index contributed by atoms with van der Waals surface area (Å²) in [6.07, 6.45) is 0.429. The molecule has 6 nitrogen and oxygen atoms in total. The lowest BCUT2D eigenvalue weighted by Crippen LogP contribution is -2.02. The lowest BCUT2D eigenvalue weighted by Gasteiger charge is -2.11. The number of benzene rings is 2. The first-order valence-electron chi connectivity index (χ1n) is 8.70. The van der Waals surface area contributed by atoms with E-state index in [1.807, 2.05) is 37.3 Å². The van der Waals surface area contributed by atoms with Crippen molar-refractivity contribution in [3.8, 4) is 11.5 Å². The molecule has 0 amide bonds. The molecule has 0 N–H and O–H groups in total. The zero-order valence-corrected chi connectivity index (χ0v) is 17.0. The SMILES string of the molecule is COc1ccc(/C=N/n2c(SC)nnc2C(F)F)cc1COc1ccc(C)cc1. The van der Waals surface area contributed by atoms with Crippen LogP contribution in [0, 0.1) is 6.92 Å². The molecule has 2 aromatic carbocycles. The van der Waals surface area contributed by atoms with Gasteiger partial charge in [-0.3, -0.25) is 0 Å². The van der Waals surface area contributed by atoms with E-state index in [4.69, 9.17) is 9.47 Å². The fourth-order valence-electron chi connectivity index (χ4n) is 2.56. The third-order valence-corrected chi connectivity index (χ3v) is 4.68. The van der Waals surface area contributed by atoms with Crippen LogP contribution in [-0.4, -0.2) is 34.5 Å². The van der Waals surface area contributed by atoms with Crippen molar-refractivity contribution in [3.05, 3.63) is 65.0 Å². The third-order valence-electron chi connectivity index (χ3n) is 4.06. The Balaban J connectivity index is 1.82. The standard InChI is InChI=1S/C20H20F2N4O2S/c1-13-4-7-16(8-5-13)28-12-15-10-14(6-9-17(15)27-2)11-23-26-19(18(21)22)24-25-20(26)29-3/h4-11,18H,12H2,1-3H3/b23-11+. The first kappa shape index (κ1) is 20.8. The van der Waals surface area contributed by atoms with Crippen molar-refractivity contribution in [1.29, 1.82) is 0 Å². The van der Waals surface area contributed by atoms with Crippen molar-refractivity contribution >= 4 is 18.0 Å². The molecule has 1 heterocycles. The molecule has 0 aliphatic rings. The number of rotatable bonds is 8. The molecule has 0 unspecified atom stereocenters. The lowest BCUT2D eigenvalue weighted by atomic mass is 10.1. The number of alkyl halides is 2. The molecule has 9 heteroatoms. The normalized spacial score (nSPS) is 11.4. The van der Waals surface area contributed by atoms with Gasteiger partial charge in [-0.05, 0) is 49.1 Å². The molecule has 0 fully saturated rings. The number of ether oxygens (including phenoxy) is 2. The molecule has 0 saturated heterocycles. The molecular formula is C20H20F2N4O2S. The zero-order valence-electron chi connectivity index (χ0n) is 16.2. The summed E-state index contributed by atoms with van der Waals surface area (Å²) < 4.78 is 38.5. The Morgan fingerprint density at radius 3 is 2.59 bits per heavy atom. The second-order valence-electron chi connectivity index (χ2n) is 6.07. The van der Waals surface area contributed by atoms with Crippen molar-refractivity contribution in [2.24, 2.45) is 5.10 Å². The van der Waals surface area contributed by atoms with Gasteiger partial charge in [-0.1, -0.05) is 29.5 Å². The maximum absolute atomic E-state index is 13.1. The smallest absolute Gasteiger partial charge is 0.299 e. The Bertz CT molecular complexity index is 991. The number of hydrogen-bond acceptors (Lipinski definition) is 6. The van der Waals surface area contributed by atoms with Crippen LogP contribution in [0.15, 0.2) is 52.7 Å². The third kappa shape index (κ3) is 5.11. The van der Waals surface area contributed by atoms with Gasteiger partial charge in [-0.2, -0.15) is 9.78 Å². The van der Waals surface area contributed by atoms with E-state index in [-0.39, 0.29) is 5.16 Å². The summed E-state index contributed by atoms with van der Waals surface area (Å²) in [6, 6.07) is 13.1. The van der Waals surface area contributed by atoms with Crippen molar-refractivity contribution in [3.63, 3.8) is 0 Å². The number of halogens is 2. The Labute approximate surface area is 171 Å². The number of nitrogens with zero attached hydrogens (tertiary/aromatic N) is 4. The van der Waals surface area contributed by atoms with Gasteiger partial charge >= 0.3 is 0 Å². The first-order chi connectivity index (χ1) is 14.0. The highest BCUT2D eigenvalue weighted by molar-refractivity contribution is 7.98. The van der Waals surface area contributed by atoms with Gasteiger partial charge in [0.25, 0.3) is 6.43 Å². The van der Waals surface area contributed by atoms with Crippen molar-refractivity contribution in [2.75, 3.05) is 13.4 Å². The summed E-state index contributed by atoms with van der Waals surface area (Å²) in [5, 5.41) is 11.6. The van der Waals surface area contributed by atoms with Crippen molar-refractivity contribution in [1.82, 2.24) is 14.9 Å². The fraction of sp³-hybridized carbons (Fsp3) is 0.250. The number of thioether (sulfide) groups is 1. The summed E-state index contributed by atoms with van der Waals surface area (Å²) in [5.41, 5.74) is 2.66. The molecule has 0 saturated carbocycles. The topological polar surface area (TPSA) is 61.5 Å². The molecule has 152 valence electrons. The highest BCUT2D eigenvalue weighted by Crippen LogP contribution is 2.24. The van der Waals surface area contributed by atoms with Crippen LogP contribution in [0.1, 0.15) is 28.9 Å². The summed E-state index contributed by atoms with van der Waals surface area (Å²) in [5.74, 6) is 0.908. The highest BCUT2D eigenvalue weighted by atomic mass is 32.2. The van der Waals surface area contributed by atoms with Gasteiger partial charge in [-0.15, -0.1) is 10.2 Å². The molecule has 3 rings (SSSR count). The number of aryl methyl sites for hydroxylation is 1. The molecule has 0 atom stereocenters.